The second-order valence-electron chi connectivity index (χ2n) is 7.32. The molecular formula is C19H31NS. The van der Waals surface area contributed by atoms with Gasteiger partial charge in [0, 0.05) is 16.3 Å². The molecule has 0 spiro atoms. The molecule has 21 heavy (non-hydrogen) atoms. The van der Waals surface area contributed by atoms with E-state index in [1.165, 1.54) is 64.2 Å². The first kappa shape index (κ1) is 15.6. The van der Waals surface area contributed by atoms with Gasteiger partial charge in [0.15, 0.2) is 0 Å². The van der Waals surface area contributed by atoms with Crippen LogP contribution in [0.3, 0.4) is 0 Å². The minimum atomic E-state index is 0.352. The molecule has 2 aliphatic carbocycles. The van der Waals surface area contributed by atoms with E-state index in [2.05, 4.69) is 30.7 Å². The smallest absolute Gasteiger partial charge is 0.0244 e. The molecule has 1 nitrogen and oxygen atoms in total. The van der Waals surface area contributed by atoms with Crippen LogP contribution in [0.25, 0.3) is 0 Å². The summed E-state index contributed by atoms with van der Waals surface area (Å²) in [4.78, 5) is 1.68. The Balaban J connectivity index is 1.70. The zero-order chi connectivity index (χ0) is 14.7. The van der Waals surface area contributed by atoms with Crippen molar-refractivity contribution in [3.05, 3.63) is 21.9 Å². The normalized spacial score (nSPS) is 23.7. The fourth-order valence-electron chi connectivity index (χ4n) is 4.44. The van der Waals surface area contributed by atoms with Gasteiger partial charge in [-0.2, -0.15) is 0 Å². The number of thiophene rings is 1. The fraction of sp³-hybridized carbons (Fsp3) is 0.789. The van der Waals surface area contributed by atoms with Crippen molar-refractivity contribution in [2.45, 2.75) is 82.6 Å². The summed E-state index contributed by atoms with van der Waals surface area (Å²) in [7, 11) is 2.18. The second kappa shape index (κ2) is 6.83. The Kier molecular flexibility index (Phi) is 5.06. The summed E-state index contributed by atoms with van der Waals surface area (Å²) in [5.74, 6) is 1.69. The topological polar surface area (TPSA) is 12.0 Å². The largest absolute Gasteiger partial charge is 0.314 e. The van der Waals surface area contributed by atoms with Crippen molar-refractivity contribution >= 4 is 11.3 Å². The van der Waals surface area contributed by atoms with Crippen molar-refractivity contribution in [1.29, 1.82) is 0 Å². The van der Waals surface area contributed by atoms with E-state index in [-0.39, 0.29) is 0 Å². The Labute approximate surface area is 134 Å². The summed E-state index contributed by atoms with van der Waals surface area (Å²) in [5.41, 5.74) is 2.00. The van der Waals surface area contributed by atoms with Crippen molar-refractivity contribution in [3.63, 3.8) is 0 Å². The van der Waals surface area contributed by atoms with Gasteiger partial charge in [-0.05, 0) is 55.7 Å². The molecule has 0 aromatic carbocycles. The highest BCUT2D eigenvalue weighted by atomic mass is 32.1. The standard InChI is InChI=1S/C19H31NS/c1-15(19(20-2)12-4-3-5-13-19)17-11-14-21-18(17)10-9-16-7-6-8-16/h11,14-16,20H,3-10,12-13H2,1-2H3. The number of hydrogen-bond donors (Lipinski definition) is 1. The van der Waals surface area contributed by atoms with E-state index >= 15 is 0 Å². The van der Waals surface area contributed by atoms with Crippen LogP contribution < -0.4 is 5.32 Å². The monoisotopic (exact) mass is 305 g/mol. The van der Waals surface area contributed by atoms with Crippen molar-refractivity contribution < 1.29 is 0 Å². The van der Waals surface area contributed by atoms with Crippen LogP contribution in [0.15, 0.2) is 11.4 Å². The molecule has 3 rings (SSSR count). The Morgan fingerprint density at radius 2 is 2.00 bits per heavy atom. The maximum atomic E-state index is 3.72. The Morgan fingerprint density at radius 1 is 1.24 bits per heavy atom. The summed E-state index contributed by atoms with van der Waals surface area (Å²) in [6.07, 6.45) is 14.1. The zero-order valence-electron chi connectivity index (χ0n) is 13.8. The summed E-state index contributed by atoms with van der Waals surface area (Å²) in [6, 6.07) is 2.42. The number of rotatable bonds is 6. The van der Waals surface area contributed by atoms with Gasteiger partial charge in [0.2, 0.25) is 0 Å². The van der Waals surface area contributed by atoms with Crippen LogP contribution >= 0.6 is 11.3 Å². The maximum Gasteiger partial charge on any atom is 0.0244 e. The molecule has 2 fully saturated rings. The maximum absolute atomic E-state index is 3.72. The predicted molar refractivity (Wildman–Crippen MR) is 93.3 cm³/mol. The van der Waals surface area contributed by atoms with E-state index < -0.39 is 0 Å². The molecule has 0 amide bonds. The van der Waals surface area contributed by atoms with Gasteiger partial charge in [0.25, 0.3) is 0 Å². The molecule has 0 saturated heterocycles. The quantitative estimate of drug-likeness (QED) is 0.731. The highest BCUT2D eigenvalue weighted by Gasteiger charge is 2.37. The first-order valence-corrected chi connectivity index (χ1v) is 9.88. The van der Waals surface area contributed by atoms with Gasteiger partial charge in [0.1, 0.15) is 0 Å². The molecule has 1 atom stereocenters. The Hall–Kier alpha value is -0.340. The predicted octanol–water partition coefficient (Wildman–Crippen LogP) is 5.51. The average Bonchev–Trinajstić information content (AvgIpc) is 2.94. The molecule has 1 aromatic rings. The molecule has 0 bridgehead atoms. The number of aryl methyl sites for hydroxylation is 1. The van der Waals surface area contributed by atoms with Crippen molar-refractivity contribution in [2.24, 2.45) is 5.92 Å². The molecular weight excluding hydrogens is 274 g/mol. The van der Waals surface area contributed by atoms with Crippen LogP contribution in [0.4, 0.5) is 0 Å². The van der Waals surface area contributed by atoms with E-state index in [9.17, 15) is 0 Å². The van der Waals surface area contributed by atoms with Gasteiger partial charge in [-0.25, -0.2) is 0 Å². The van der Waals surface area contributed by atoms with E-state index in [0.717, 1.165) is 5.92 Å². The minimum Gasteiger partial charge on any atom is -0.314 e. The third-order valence-electron chi connectivity index (χ3n) is 6.32. The SMILES string of the molecule is CNC1(C(C)c2ccsc2CCC2CCC2)CCCCC1. The molecule has 1 unspecified atom stereocenters. The Morgan fingerprint density at radius 3 is 2.62 bits per heavy atom. The van der Waals surface area contributed by atoms with Gasteiger partial charge in [0.05, 0.1) is 0 Å². The van der Waals surface area contributed by atoms with Crippen molar-refractivity contribution in [1.82, 2.24) is 5.32 Å². The van der Waals surface area contributed by atoms with Crippen LogP contribution in [0.2, 0.25) is 0 Å². The zero-order valence-corrected chi connectivity index (χ0v) is 14.6. The van der Waals surface area contributed by atoms with E-state index in [1.54, 1.807) is 10.4 Å². The van der Waals surface area contributed by atoms with Gasteiger partial charge >= 0.3 is 0 Å². The molecule has 2 aliphatic rings. The highest BCUT2D eigenvalue weighted by molar-refractivity contribution is 7.10. The molecule has 1 aromatic heterocycles. The lowest BCUT2D eigenvalue weighted by Crippen LogP contribution is -2.48. The summed E-state index contributed by atoms with van der Waals surface area (Å²) < 4.78 is 0. The minimum absolute atomic E-state index is 0.352. The lowest BCUT2D eigenvalue weighted by atomic mass is 9.70. The highest BCUT2D eigenvalue weighted by Crippen LogP contribution is 2.42. The first-order chi connectivity index (χ1) is 10.2. The van der Waals surface area contributed by atoms with Gasteiger partial charge in [-0.15, -0.1) is 11.3 Å². The van der Waals surface area contributed by atoms with Crippen molar-refractivity contribution in [2.75, 3.05) is 7.05 Å². The van der Waals surface area contributed by atoms with Gasteiger partial charge in [-0.3, -0.25) is 0 Å². The molecule has 1 N–H and O–H groups in total. The summed E-state index contributed by atoms with van der Waals surface area (Å²) in [5, 5.41) is 6.05. The summed E-state index contributed by atoms with van der Waals surface area (Å²) >= 11 is 2.00. The van der Waals surface area contributed by atoms with Crippen molar-refractivity contribution in [3.8, 4) is 0 Å². The number of nitrogens with one attached hydrogen (secondary N) is 1. The van der Waals surface area contributed by atoms with E-state index in [0.29, 0.717) is 11.5 Å². The van der Waals surface area contributed by atoms with E-state index in [1.807, 2.05) is 11.3 Å². The molecule has 0 radical (unpaired) electrons. The average molecular weight is 306 g/mol. The van der Waals surface area contributed by atoms with Crippen LogP contribution in [-0.4, -0.2) is 12.6 Å². The van der Waals surface area contributed by atoms with E-state index in [4.69, 9.17) is 0 Å². The second-order valence-corrected chi connectivity index (χ2v) is 8.32. The molecule has 2 saturated carbocycles. The number of hydrogen-bond acceptors (Lipinski definition) is 2. The fourth-order valence-corrected chi connectivity index (χ4v) is 5.43. The third kappa shape index (κ3) is 3.22. The van der Waals surface area contributed by atoms with Crippen LogP contribution in [0.5, 0.6) is 0 Å². The van der Waals surface area contributed by atoms with Crippen LogP contribution in [-0.2, 0) is 6.42 Å². The third-order valence-corrected chi connectivity index (χ3v) is 7.32. The lowest BCUT2D eigenvalue weighted by molar-refractivity contribution is 0.209. The van der Waals surface area contributed by atoms with Gasteiger partial charge < -0.3 is 5.32 Å². The summed E-state index contributed by atoms with van der Waals surface area (Å²) in [6.45, 7) is 2.47. The molecule has 0 aliphatic heterocycles. The molecule has 2 heteroatoms. The van der Waals surface area contributed by atoms with Crippen LogP contribution in [0.1, 0.15) is 81.1 Å². The number of likely N-dealkylation sites (N-methyl/N-ethyl adjacent to an activating group) is 1. The molecule has 118 valence electrons. The Bertz CT molecular complexity index is 440. The van der Waals surface area contributed by atoms with Crippen LogP contribution in [0, 0.1) is 5.92 Å². The lowest BCUT2D eigenvalue weighted by Gasteiger charge is -2.42. The van der Waals surface area contributed by atoms with Gasteiger partial charge in [-0.1, -0.05) is 45.4 Å². The first-order valence-electron chi connectivity index (χ1n) is 9.00. The molecule has 1 heterocycles.